The van der Waals surface area contributed by atoms with Crippen LogP contribution in [0.2, 0.25) is 0 Å². The molecule has 15 heavy (non-hydrogen) atoms. The number of carbonyl (C=O) groups is 1. The molecule has 0 aromatic rings. The average molecular weight is 207 g/mol. The Kier molecular flexibility index (Phi) is 1.56. The molecule has 1 atom stereocenters. The molecule has 0 aromatic heterocycles. The minimum atomic E-state index is -0.444. The summed E-state index contributed by atoms with van der Waals surface area (Å²) in [5.74, 6) is 0.778. The summed E-state index contributed by atoms with van der Waals surface area (Å²) in [4.78, 5) is 16.4. The molecule has 4 heteroatoms. The number of amides is 1. The third-order valence-corrected chi connectivity index (χ3v) is 4.12. The third kappa shape index (κ3) is 1.27. The van der Waals surface area contributed by atoms with Crippen molar-refractivity contribution in [2.75, 3.05) is 0 Å². The zero-order chi connectivity index (χ0) is 10.7. The summed E-state index contributed by atoms with van der Waals surface area (Å²) in [7, 11) is 0. The second kappa shape index (κ2) is 2.54. The van der Waals surface area contributed by atoms with Gasteiger partial charge in [-0.15, -0.1) is 0 Å². The highest BCUT2D eigenvalue weighted by molar-refractivity contribution is 6.09. The Bertz CT molecular complexity index is 355. The van der Waals surface area contributed by atoms with Gasteiger partial charge < -0.3 is 5.32 Å². The van der Waals surface area contributed by atoms with Gasteiger partial charge in [0.05, 0.1) is 6.04 Å². The van der Waals surface area contributed by atoms with Gasteiger partial charge >= 0.3 is 0 Å². The molecule has 82 valence electrons. The molecule has 1 heterocycles. The lowest BCUT2D eigenvalue weighted by Gasteiger charge is -2.28. The fourth-order valence-electron chi connectivity index (χ4n) is 2.12. The SMILES string of the molecule is CC1(C2(C)NC(=NC3CC3)NC2=O)CC1. The summed E-state index contributed by atoms with van der Waals surface area (Å²) < 4.78 is 0. The lowest BCUT2D eigenvalue weighted by Crippen LogP contribution is -2.50. The molecule has 2 N–H and O–H groups in total. The Morgan fingerprint density at radius 3 is 2.53 bits per heavy atom. The third-order valence-electron chi connectivity index (χ3n) is 4.12. The Balaban J connectivity index is 1.83. The van der Waals surface area contributed by atoms with Crippen molar-refractivity contribution in [3.8, 4) is 0 Å². The first kappa shape index (κ1) is 9.19. The van der Waals surface area contributed by atoms with E-state index in [9.17, 15) is 4.79 Å². The summed E-state index contributed by atoms with van der Waals surface area (Å²) in [5, 5.41) is 6.14. The summed E-state index contributed by atoms with van der Waals surface area (Å²) in [5.41, 5.74) is -0.321. The Hall–Kier alpha value is -1.06. The predicted molar refractivity (Wildman–Crippen MR) is 57.5 cm³/mol. The zero-order valence-corrected chi connectivity index (χ0v) is 9.26. The van der Waals surface area contributed by atoms with Crippen LogP contribution in [0.1, 0.15) is 39.5 Å². The Morgan fingerprint density at radius 2 is 2.00 bits per heavy atom. The highest BCUT2D eigenvalue weighted by Gasteiger charge is 2.60. The first-order chi connectivity index (χ1) is 7.03. The number of hydrogen-bond acceptors (Lipinski definition) is 2. The second-order valence-corrected chi connectivity index (χ2v) is 5.47. The molecule has 0 bridgehead atoms. The van der Waals surface area contributed by atoms with E-state index < -0.39 is 5.54 Å². The number of carbonyl (C=O) groups excluding carboxylic acids is 1. The molecule has 2 aliphatic carbocycles. The summed E-state index contributed by atoms with van der Waals surface area (Å²) >= 11 is 0. The van der Waals surface area contributed by atoms with E-state index in [-0.39, 0.29) is 11.3 Å². The topological polar surface area (TPSA) is 53.5 Å². The van der Waals surface area contributed by atoms with Gasteiger partial charge in [0.2, 0.25) is 0 Å². The minimum Gasteiger partial charge on any atom is -0.341 e. The largest absolute Gasteiger partial charge is 0.341 e. The van der Waals surface area contributed by atoms with Crippen LogP contribution in [0.15, 0.2) is 4.99 Å². The quantitative estimate of drug-likeness (QED) is 0.703. The number of hydrogen-bond donors (Lipinski definition) is 2. The lowest BCUT2D eigenvalue weighted by atomic mass is 9.84. The van der Waals surface area contributed by atoms with Crippen LogP contribution in [0.4, 0.5) is 0 Å². The number of nitrogens with one attached hydrogen (secondary N) is 2. The van der Waals surface area contributed by atoms with Gasteiger partial charge in [0.15, 0.2) is 5.96 Å². The molecule has 4 nitrogen and oxygen atoms in total. The van der Waals surface area contributed by atoms with Crippen molar-refractivity contribution in [2.45, 2.75) is 51.1 Å². The van der Waals surface area contributed by atoms with Crippen LogP contribution in [-0.2, 0) is 4.79 Å². The Morgan fingerprint density at radius 1 is 1.33 bits per heavy atom. The normalized spacial score (nSPS) is 40.1. The zero-order valence-electron chi connectivity index (χ0n) is 9.26. The smallest absolute Gasteiger partial charge is 0.252 e. The number of aliphatic imine (C=N–C) groups is 1. The minimum absolute atomic E-state index is 0.0851. The monoisotopic (exact) mass is 207 g/mol. The van der Waals surface area contributed by atoms with Gasteiger partial charge in [0.1, 0.15) is 5.54 Å². The van der Waals surface area contributed by atoms with E-state index in [1.54, 1.807) is 0 Å². The first-order valence-corrected chi connectivity index (χ1v) is 5.71. The average Bonchev–Trinajstić information content (AvgIpc) is 3.03. The summed E-state index contributed by atoms with van der Waals surface area (Å²) in [6.45, 7) is 4.16. The fraction of sp³-hybridized carbons (Fsp3) is 0.818. The van der Waals surface area contributed by atoms with E-state index in [4.69, 9.17) is 0 Å². The highest BCUT2D eigenvalue weighted by Crippen LogP contribution is 2.54. The van der Waals surface area contributed by atoms with E-state index in [1.165, 1.54) is 0 Å². The standard InChI is InChI=1S/C11H17N3O/c1-10(5-6-10)11(2)8(15)13-9(14-11)12-7-3-4-7/h7H,3-6H2,1-2H3,(H2,12,13,14,15). The van der Waals surface area contributed by atoms with E-state index in [0.29, 0.717) is 12.0 Å². The van der Waals surface area contributed by atoms with Gasteiger partial charge in [-0.3, -0.25) is 10.1 Å². The molecule has 0 spiro atoms. The van der Waals surface area contributed by atoms with Crippen LogP contribution in [-0.4, -0.2) is 23.4 Å². The molecule has 1 aliphatic heterocycles. The second-order valence-electron chi connectivity index (χ2n) is 5.47. The maximum absolute atomic E-state index is 11.9. The maximum Gasteiger partial charge on any atom is 0.252 e. The molecule has 3 fully saturated rings. The van der Waals surface area contributed by atoms with Gasteiger partial charge in [-0.1, -0.05) is 6.92 Å². The van der Waals surface area contributed by atoms with Crippen LogP contribution in [0.5, 0.6) is 0 Å². The van der Waals surface area contributed by atoms with Crippen molar-refractivity contribution in [1.82, 2.24) is 10.6 Å². The lowest BCUT2D eigenvalue weighted by molar-refractivity contribution is -0.125. The highest BCUT2D eigenvalue weighted by atomic mass is 16.2. The summed E-state index contributed by atoms with van der Waals surface area (Å²) in [6, 6.07) is 0.446. The van der Waals surface area contributed by atoms with Gasteiger partial charge in [-0.05, 0) is 38.0 Å². The van der Waals surface area contributed by atoms with Crippen molar-refractivity contribution in [3.05, 3.63) is 0 Å². The van der Waals surface area contributed by atoms with Crippen molar-refractivity contribution in [2.24, 2.45) is 10.4 Å². The van der Waals surface area contributed by atoms with E-state index in [0.717, 1.165) is 25.7 Å². The van der Waals surface area contributed by atoms with Crippen LogP contribution < -0.4 is 10.6 Å². The number of nitrogens with zero attached hydrogens (tertiary/aromatic N) is 1. The fourth-order valence-corrected chi connectivity index (χ4v) is 2.12. The molecule has 1 unspecified atom stereocenters. The van der Waals surface area contributed by atoms with Gasteiger partial charge in [-0.25, -0.2) is 4.99 Å². The van der Waals surface area contributed by atoms with E-state index >= 15 is 0 Å². The Labute approximate surface area is 89.5 Å². The molecule has 1 amide bonds. The van der Waals surface area contributed by atoms with E-state index in [2.05, 4.69) is 22.5 Å². The van der Waals surface area contributed by atoms with Crippen molar-refractivity contribution in [3.63, 3.8) is 0 Å². The van der Waals surface area contributed by atoms with Crippen LogP contribution in [0.3, 0.4) is 0 Å². The van der Waals surface area contributed by atoms with Crippen molar-refractivity contribution >= 4 is 11.9 Å². The van der Waals surface area contributed by atoms with Crippen LogP contribution in [0.25, 0.3) is 0 Å². The predicted octanol–water partition coefficient (Wildman–Crippen LogP) is 0.783. The molecule has 3 rings (SSSR count). The number of rotatable bonds is 2. The van der Waals surface area contributed by atoms with Crippen molar-refractivity contribution < 1.29 is 4.79 Å². The first-order valence-electron chi connectivity index (χ1n) is 5.71. The molecule has 0 aromatic carbocycles. The van der Waals surface area contributed by atoms with Gasteiger partial charge in [0, 0.05) is 0 Å². The molecular formula is C11H17N3O. The molecule has 3 aliphatic rings. The van der Waals surface area contributed by atoms with Gasteiger partial charge in [0.25, 0.3) is 5.91 Å². The molecule has 1 saturated heterocycles. The van der Waals surface area contributed by atoms with Crippen molar-refractivity contribution in [1.29, 1.82) is 0 Å². The van der Waals surface area contributed by atoms with Gasteiger partial charge in [-0.2, -0.15) is 0 Å². The van der Waals surface area contributed by atoms with E-state index in [1.807, 2.05) is 6.92 Å². The molecule has 2 saturated carbocycles. The van der Waals surface area contributed by atoms with Crippen LogP contribution >= 0.6 is 0 Å². The molecular weight excluding hydrogens is 190 g/mol. The van der Waals surface area contributed by atoms with Crippen LogP contribution in [0, 0.1) is 5.41 Å². The maximum atomic E-state index is 11.9. The molecule has 0 radical (unpaired) electrons. The number of guanidine groups is 1. The summed E-state index contributed by atoms with van der Waals surface area (Å²) in [6.07, 6.45) is 4.57.